The molecule has 7 heteroatoms. The standard InChI is InChI=1S/C16H23NO6/c1-6-10(2)17-14(18)9-23-16(19)11-7-12(20-3)15(22-5)13(8-11)21-4/h7-8,10H,6,9H2,1-5H3,(H,17,18)/t10-/m0/s1. The number of esters is 1. The molecule has 0 heterocycles. The highest BCUT2D eigenvalue weighted by atomic mass is 16.5. The molecular weight excluding hydrogens is 302 g/mol. The van der Waals surface area contributed by atoms with Gasteiger partial charge in [0, 0.05) is 6.04 Å². The molecule has 0 bridgehead atoms. The van der Waals surface area contributed by atoms with Crippen molar-refractivity contribution in [2.24, 2.45) is 0 Å². The molecule has 1 aromatic rings. The van der Waals surface area contributed by atoms with Gasteiger partial charge in [0.1, 0.15) is 0 Å². The van der Waals surface area contributed by atoms with Crippen LogP contribution in [0.2, 0.25) is 0 Å². The van der Waals surface area contributed by atoms with Crippen molar-refractivity contribution in [1.29, 1.82) is 0 Å². The minimum absolute atomic E-state index is 0.0300. The van der Waals surface area contributed by atoms with Crippen LogP contribution in [0.4, 0.5) is 0 Å². The summed E-state index contributed by atoms with van der Waals surface area (Å²) in [6, 6.07) is 2.97. The second kappa shape index (κ2) is 8.87. The van der Waals surface area contributed by atoms with Crippen LogP contribution in [-0.2, 0) is 9.53 Å². The predicted molar refractivity (Wildman–Crippen MR) is 84.3 cm³/mol. The van der Waals surface area contributed by atoms with E-state index >= 15 is 0 Å². The Morgan fingerprint density at radius 1 is 1.09 bits per heavy atom. The summed E-state index contributed by atoms with van der Waals surface area (Å²) < 4.78 is 20.5. The lowest BCUT2D eigenvalue weighted by atomic mass is 10.2. The molecule has 1 rings (SSSR count). The van der Waals surface area contributed by atoms with Crippen molar-refractivity contribution in [1.82, 2.24) is 5.32 Å². The summed E-state index contributed by atoms with van der Waals surface area (Å²) in [4.78, 5) is 23.7. The number of methoxy groups -OCH3 is 3. The van der Waals surface area contributed by atoms with Crippen LogP contribution in [0.3, 0.4) is 0 Å². The summed E-state index contributed by atoms with van der Waals surface area (Å²) in [5, 5.41) is 2.71. The number of hydrogen-bond acceptors (Lipinski definition) is 6. The fourth-order valence-corrected chi connectivity index (χ4v) is 1.83. The summed E-state index contributed by atoms with van der Waals surface area (Å²) >= 11 is 0. The van der Waals surface area contributed by atoms with Crippen molar-refractivity contribution in [2.45, 2.75) is 26.3 Å². The average Bonchev–Trinajstić information content (AvgIpc) is 2.57. The van der Waals surface area contributed by atoms with Crippen LogP contribution in [0.5, 0.6) is 17.2 Å². The maximum atomic E-state index is 12.1. The second-order valence-electron chi connectivity index (χ2n) is 4.87. The summed E-state index contributed by atoms with van der Waals surface area (Å²) in [6.07, 6.45) is 0.798. The highest BCUT2D eigenvalue weighted by Crippen LogP contribution is 2.38. The average molecular weight is 325 g/mol. The molecule has 0 spiro atoms. The maximum absolute atomic E-state index is 12.1. The van der Waals surface area contributed by atoms with Crippen molar-refractivity contribution < 1.29 is 28.5 Å². The highest BCUT2D eigenvalue weighted by molar-refractivity contribution is 5.92. The van der Waals surface area contributed by atoms with E-state index in [4.69, 9.17) is 18.9 Å². The maximum Gasteiger partial charge on any atom is 0.338 e. The normalized spacial score (nSPS) is 11.3. The van der Waals surface area contributed by atoms with Gasteiger partial charge in [-0.05, 0) is 25.5 Å². The Morgan fingerprint density at radius 3 is 2.09 bits per heavy atom. The molecule has 23 heavy (non-hydrogen) atoms. The molecule has 0 unspecified atom stereocenters. The molecule has 0 fully saturated rings. The first-order chi connectivity index (χ1) is 11.0. The smallest absolute Gasteiger partial charge is 0.338 e. The number of carbonyl (C=O) groups is 2. The van der Waals surface area contributed by atoms with Gasteiger partial charge in [0.05, 0.1) is 26.9 Å². The molecule has 1 atom stereocenters. The van der Waals surface area contributed by atoms with Crippen LogP contribution in [0.25, 0.3) is 0 Å². The van der Waals surface area contributed by atoms with E-state index in [-0.39, 0.29) is 24.1 Å². The molecule has 7 nitrogen and oxygen atoms in total. The van der Waals surface area contributed by atoms with Crippen LogP contribution < -0.4 is 19.5 Å². The molecular formula is C16H23NO6. The molecule has 1 amide bonds. The van der Waals surface area contributed by atoms with Crippen molar-refractivity contribution in [2.75, 3.05) is 27.9 Å². The monoisotopic (exact) mass is 325 g/mol. The lowest BCUT2D eigenvalue weighted by Gasteiger charge is -2.14. The van der Waals surface area contributed by atoms with Crippen LogP contribution in [-0.4, -0.2) is 45.9 Å². The van der Waals surface area contributed by atoms with Crippen molar-refractivity contribution in [3.63, 3.8) is 0 Å². The predicted octanol–water partition coefficient (Wildman–Crippen LogP) is 1.78. The number of hydrogen-bond donors (Lipinski definition) is 1. The Kier molecular flexibility index (Phi) is 7.18. The summed E-state index contributed by atoms with van der Waals surface area (Å²) in [5.41, 5.74) is 0.204. The zero-order valence-electron chi connectivity index (χ0n) is 14.1. The van der Waals surface area contributed by atoms with E-state index < -0.39 is 5.97 Å². The Hall–Kier alpha value is -2.44. The van der Waals surface area contributed by atoms with Crippen molar-refractivity contribution in [3.05, 3.63) is 17.7 Å². The summed E-state index contributed by atoms with van der Waals surface area (Å²) in [6.45, 7) is 3.48. The van der Waals surface area contributed by atoms with E-state index in [2.05, 4.69) is 5.32 Å². The van der Waals surface area contributed by atoms with Crippen molar-refractivity contribution >= 4 is 11.9 Å². The number of ether oxygens (including phenoxy) is 4. The number of carbonyl (C=O) groups excluding carboxylic acids is 2. The summed E-state index contributed by atoms with van der Waals surface area (Å²) in [5.74, 6) is 0.0514. The van der Waals surface area contributed by atoms with Crippen LogP contribution >= 0.6 is 0 Å². The van der Waals surface area contributed by atoms with E-state index in [0.717, 1.165) is 6.42 Å². The highest BCUT2D eigenvalue weighted by Gasteiger charge is 2.18. The molecule has 1 aromatic carbocycles. The fourth-order valence-electron chi connectivity index (χ4n) is 1.83. The Labute approximate surface area is 135 Å². The van der Waals surface area contributed by atoms with Crippen LogP contribution in [0.1, 0.15) is 30.6 Å². The van der Waals surface area contributed by atoms with Crippen molar-refractivity contribution in [3.8, 4) is 17.2 Å². The molecule has 0 aromatic heterocycles. The third-order valence-electron chi connectivity index (χ3n) is 3.25. The number of nitrogens with one attached hydrogen (secondary N) is 1. The van der Waals surface area contributed by atoms with Gasteiger partial charge >= 0.3 is 5.97 Å². The van der Waals surface area contributed by atoms with Gasteiger partial charge in [-0.2, -0.15) is 0 Å². The lowest BCUT2D eigenvalue weighted by Crippen LogP contribution is -2.35. The van der Waals surface area contributed by atoms with E-state index in [1.165, 1.54) is 33.5 Å². The van der Waals surface area contributed by atoms with Gasteiger partial charge in [0.15, 0.2) is 18.1 Å². The van der Waals surface area contributed by atoms with E-state index in [1.807, 2.05) is 13.8 Å². The van der Waals surface area contributed by atoms with Gasteiger partial charge in [0.25, 0.3) is 5.91 Å². The Bertz CT molecular complexity index is 532. The number of amides is 1. The van der Waals surface area contributed by atoms with Gasteiger partial charge in [-0.15, -0.1) is 0 Å². The van der Waals surface area contributed by atoms with Gasteiger partial charge < -0.3 is 24.3 Å². The zero-order valence-corrected chi connectivity index (χ0v) is 14.1. The molecule has 0 aliphatic carbocycles. The Balaban J connectivity index is 2.82. The van der Waals surface area contributed by atoms with E-state index in [9.17, 15) is 9.59 Å². The molecule has 128 valence electrons. The molecule has 0 saturated heterocycles. The zero-order chi connectivity index (χ0) is 17.4. The topological polar surface area (TPSA) is 83.1 Å². The molecule has 0 radical (unpaired) electrons. The minimum atomic E-state index is -0.649. The molecule has 0 aliphatic rings. The molecule has 0 aliphatic heterocycles. The quantitative estimate of drug-likeness (QED) is 0.734. The Morgan fingerprint density at radius 2 is 1.65 bits per heavy atom. The van der Waals surface area contributed by atoms with Gasteiger partial charge in [-0.25, -0.2) is 4.79 Å². The third-order valence-corrected chi connectivity index (χ3v) is 3.25. The SMILES string of the molecule is CC[C@H](C)NC(=O)COC(=O)c1cc(OC)c(OC)c(OC)c1. The van der Waals surface area contributed by atoms with Crippen LogP contribution in [0, 0.1) is 0 Å². The van der Waals surface area contributed by atoms with Gasteiger partial charge in [-0.3, -0.25) is 4.79 Å². The first-order valence-electron chi connectivity index (χ1n) is 7.23. The van der Waals surface area contributed by atoms with Gasteiger partial charge in [-0.1, -0.05) is 6.92 Å². The number of rotatable bonds is 8. The summed E-state index contributed by atoms with van der Waals surface area (Å²) in [7, 11) is 4.37. The molecule has 1 N–H and O–H groups in total. The van der Waals surface area contributed by atoms with E-state index in [0.29, 0.717) is 17.2 Å². The largest absolute Gasteiger partial charge is 0.493 e. The minimum Gasteiger partial charge on any atom is -0.493 e. The first kappa shape index (κ1) is 18.6. The first-order valence-corrected chi connectivity index (χ1v) is 7.23. The fraction of sp³-hybridized carbons (Fsp3) is 0.500. The lowest BCUT2D eigenvalue weighted by molar-refractivity contribution is -0.124. The number of benzene rings is 1. The third kappa shape index (κ3) is 5.05. The van der Waals surface area contributed by atoms with E-state index in [1.54, 1.807) is 0 Å². The molecule has 0 saturated carbocycles. The second-order valence-corrected chi connectivity index (χ2v) is 4.87. The van der Waals surface area contributed by atoms with Gasteiger partial charge in [0.2, 0.25) is 5.75 Å². The van der Waals surface area contributed by atoms with Crippen LogP contribution in [0.15, 0.2) is 12.1 Å².